The van der Waals surface area contributed by atoms with Crippen LogP contribution in [0.2, 0.25) is 0 Å². The minimum Gasteiger partial charge on any atom is -0.504 e. The molecule has 0 heterocycles. The molecular formula is C16H17NO3. The van der Waals surface area contributed by atoms with Gasteiger partial charge in [-0.15, -0.1) is 6.58 Å². The Labute approximate surface area is 117 Å². The number of carbonyl (C=O) groups excluding carboxylic acids is 1. The normalized spacial score (nSPS) is 11.8. The second-order valence-electron chi connectivity index (χ2n) is 4.46. The van der Waals surface area contributed by atoms with Gasteiger partial charge in [0.2, 0.25) is 0 Å². The molecule has 2 rings (SSSR count). The van der Waals surface area contributed by atoms with Gasteiger partial charge in [0.1, 0.15) is 0 Å². The second-order valence-corrected chi connectivity index (χ2v) is 4.46. The van der Waals surface area contributed by atoms with Crippen LogP contribution in [0.5, 0.6) is 11.5 Å². The van der Waals surface area contributed by atoms with Crippen molar-refractivity contribution in [1.29, 1.82) is 0 Å². The first-order valence-electron chi connectivity index (χ1n) is 6.39. The molecule has 2 aromatic carbocycles. The molecule has 0 aromatic heterocycles. The molecule has 0 aliphatic rings. The number of nitrogens with one attached hydrogen (secondary N) is 1. The van der Waals surface area contributed by atoms with Gasteiger partial charge in [-0.05, 0) is 29.8 Å². The molecule has 20 heavy (non-hydrogen) atoms. The van der Waals surface area contributed by atoms with Crippen LogP contribution in [0, 0.1) is 0 Å². The standard InChI is InChI=1S/C16H17NO3/c1-3-8-17-16(19)11(2)20-15-10-13-7-5-4-6-12(13)9-14(15)18/h3-7,9-11,18H,1,8H2,2H3,(H,17,19). The summed E-state index contributed by atoms with van der Waals surface area (Å²) in [5.74, 6) is 0.0643. The number of benzene rings is 2. The van der Waals surface area contributed by atoms with Crippen LogP contribution in [0.1, 0.15) is 6.92 Å². The van der Waals surface area contributed by atoms with Crippen molar-refractivity contribution >= 4 is 16.7 Å². The summed E-state index contributed by atoms with van der Waals surface area (Å²) in [4.78, 5) is 11.7. The lowest BCUT2D eigenvalue weighted by atomic mass is 10.1. The Morgan fingerprint density at radius 1 is 1.40 bits per heavy atom. The zero-order valence-corrected chi connectivity index (χ0v) is 11.3. The Morgan fingerprint density at radius 2 is 2.05 bits per heavy atom. The number of ether oxygens (including phenoxy) is 1. The summed E-state index contributed by atoms with van der Waals surface area (Å²) >= 11 is 0. The lowest BCUT2D eigenvalue weighted by Gasteiger charge is -2.15. The predicted octanol–water partition coefficient (Wildman–Crippen LogP) is 2.61. The van der Waals surface area contributed by atoms with Gasteiger partial charge in [-0.2, -0.15) is 0 Å². The van der Waals surface area contributed by atoms with Gasteiger partial charge in [0.05, 0.1) is 0 Å². The third kappa shape index (κ3) is 3.09. The lowest BCUT2D eigenvalue weighted by Crippen LogP contribution is -2.36. The van der Waals surface area contributed by atoms with Crippen LogP contribution < -0.4 is 10.1 Å². The highest BCUT2D eigenvalue weighted by Gasteiger charge is 2.16. The predicted molar refractivity (Wildman–Crippen MR) is 78.9 cm³/mol. The van der Waals surface area contributed by atoms with E-state index in [0.717, 1.165) is 10.8 Å². The Morgan fingerprint density at radius 3 is 2.70 bits per heavy atom. The molecule has 0 radical (unpaired) electrons. The number of hydrogen-bond donors (Lipinski definition) is 2. The molecule has 0 fully saturated rings. The molecule has 0 aliphatic heterocycles. The summed E-state index contributed by atoms with van der Waals surface area (Å²) in [6.07, 6.45) is 0.903. The van der Waals surface area contributed by atoms with Crippen molar-refractivity contribution in [3.63, 3.8) is 0 Å². The van der Waals surface area contributed by atoms with Crippen LogP contribution in [-0.4, -0.2) is 23.7 Å². The Bertz CT molecular complexity index is 637. The van der Waals surface area contributed by atoms with Gasteiger partial charge in [0.15, 0.2) is 17.6 Å². The third-order valence-electron chi connectivity index (χ3n) is 2.92. The molecule has 4 nitrogen and oxygen atoms in total. The Hall–Kier alpha value is -2.49. The minimum absolute atomic E-state index is 0.0204. The highest BCUT2D eigenvalue weighted by Crippen LogP contribution is 2.31. The van der Waals surface area contributed by atoms with E-state index < -0.39 is 6.10 Å². The molecule has 1 unspecified atom stereocenters. The van der Waals surface area contributed by atoms with Crippen molar-refractivity contribution < 1.29 is 14.6 Å². The van der Waals surface area contributed by atoms with Crippen molar-refractivity contribution in [2.24, 2.45) is 0 Å². The van der Waals surface area contributed by atoms with Crippen molar-refractivity contribution in [2.45, 2.75) is 13.0 Å². The summed E-state index contributed by atoms with van der Waals surface area (Å²) in [6, 6.07) is 11.0. The maximum absolute atomic E-state index is 11.7. The van der Waals surface area contributed by atoms with E-state index in [1.165, 1.54) is 0 Å². The van der Waals surface area contributed by atoms with E-state index in [0.29, 0.717) is 12.3 Å². The number of phenols is 1. The van der Waals surface area contributed by atoms with Gasteiger partial charge in [-0.3, -0.25) is 4.79 Å². The van der Waals surface area contributed by atoms with Crippen LogP contribution in [0.4, 0.5) is 0 Å². The second kappa shape index (κ2) is 6.10. The van der Waals surface area contributed by atoms with E-state index in [1.807, 2.05) is 24.3 Å². The number of amides is 1. The molecule has 0 saturated heterocycles. The van der Waals surface area contributed by atoms with E-state index >= 15 is 0 Å². The summed E-state index contributed by atoms with van der Waals surface area (Å²) < 4.78 is 5.52. The highest BCUT2D eigenvalue weighted by atomic mass is 16.5. The third-order valence-corrected chi connectivity index (χ3v) is 2.92. The molecule has 2 N–H and O–H groups in total. The highest BCUT2D eigenvalue weighted by molar-refractivity contribution is 5.86. The fourth-order valence-electron chi connectivity index (χ4n) is 1.86. The fraction of sp³-hybridized carbons (Fsp3) is 0.188. The number of rotatable bonds is 5. The topological polar surface area (TPSA) is 58.6 Å². The molecule has 4 heteroatoms. The van der Waals surface area contributed by atoms with Gasteiger partial charge >= 0.3 is 0 Å². The average molecular weight is 271 g/mol. The van der Waals surface area contributed by atoms with Gasteiger partial charge in [0.25, 0.3) is 5.91 Å². The largest absolute Gasteiger partial charge is 0.504 e. The van der Waals surface area contributed by atoms with Crippen LogP contribution in [0.15, 0.2) is 49.1 Å². The van der Waals surface area contributed by atoms with Gasteiger partial charge in [-0.25, -0.2) is 0 Å². The van der Waals surface area contributed by atoms with Crippen molar-refractivity contribution in [2.75, 3.05) is 6.54 Å². The van der Waals surface area contributed by atoms with Gasteiger partial charge in [-0.1, -0.05) is 30.3 Å². The van der Waals surface area contributed by atoms with Gasteiger partial charge < -0.3 is 15.2 Å². The zero-order chi connectivity index (χ0) is 14.5. The maximum atomic E-state index is 11.7. The number of phenolic OH excluding ortho intramolecular Hbond substituents is 1. The molecule has 104 valence electrons. The van der Waals surface area contributed by atoms with E-state index in [9.17, 15) is 9.90 Å². The Balaban J connectivity index is 2.18. The quantitative estimate of drug-likeness (QED) is 0.822. The summed E-state index contributed by atoms with van der Waals surface area (Å²) in [5, 5.41) is 14.4. The molecule has 0 spiro atoms. The molecule has 0 bridgehead atoms. The van der Waals surface area contributed by atoms with Crippen LogP contribution in [0.3, 0.4) is 0 Å². The molecule has 0 aliphatic carbocycles. The first-order chi connectivity index (χ1) is 9.61. The van der Waals surface area contributed by atoms with Crippen LogP contribution in [-0.2, 0) is 4.79 Å². The van der Waals surface area contributed by atoms with Crippen molar-refractivity contribution in [3.05, 3.63) is 49.1 Å². The Kier molecular flexibility index (Phi) is 4.25. The molecule has 1 atom stereocenters. The van der Waals surface area contributed by atoms with E-state index in [-0.39, 0.29) is 11.7 Å². The monoisotopic (exact) mass is 271 g/mol. The molecular weight excluding hydrogens is 254 g/mol. The van der Waals surface area contributed by atoms with E-state index in [1.54, 1.807) is 25.1 Å². The van der Waals surface area contributed by atoms with E-state index in [2.05, 4.69) is 11.9 Å². The molecule has 0 saturated carbocycles. The van der Waals surface area contributed by atoms with Gasteiger partial charge in [0, 0.05) is 6.54 Å². The zero-order valence-electron chi connectivity index (χ0n) is 11.3. The number of aromatic hydroxyl groups is 1. The van der Waals surface area contributed by atoms with Crippen LogP contribution in [0.25, 0.3) is 10.8 Å². The number of hydrogen-bond acceptors (Lipinski definition) is 3. The van der Waals surface area contributed by atoms with E-state index in [4.69, 9.17) is 4.74 Å². The average Bonchev–Trinajstić information content (AvgIpc) is 2.45. The SMILES string of the molecule is C=CCNC(=O)C(C)Oc1cc2ccccc2cc1O. The summed E-state index contributed by atoms with van der Waals surface area (Å²) in [7, 11) is 0. The number of fused-ring (bicyclic) bond motifs is 1. The molecule has 1 amide bonds. The lowest BCUT2D eigenvalue weighted by molar-refractivity contribution is -0.127. The van der Waals surface area contributed by atoms with Crippen molar-refractivity contribution in [3.8, 4) is 11.5 Å². The first kappa shape index (κ1) is 13.9. The smallest absolute Gasteiger partial charge is 0.261 e. The number of carbonyl (C=O) groups is 1. The summed E-state index contributed by atoms with van der Waals surface area (Å²) in [5.41, 5.74) is 0. The summed E-state index contributed by atoms with van der Waals surface area (Å²) in [6.45, 7) is 5.55. The molecule has 2 aromatic rings. The minimum atomic E-state index is -0.693. The maximum Gasteiger partial charge on any atom is 0.261 e. The van der Waals surface area contributed by atoms with Crippen molar-refractivity contribution in [1.82, 2.24) is 5.32 Å². The fourth-order valence-corrected chi connectivity index (χ4v) is 1.86. The first-order valence-corrected chi connectivity index (χ1v) is 6.39. The van der Waals surface area contributed by atoms with Crippen LogP contribution >= 0.6 is 0 Å².